The van der Waals surface area contributed by atoms with Crippen LogP contribution in [0.4, 0.5) is 17.1 Å². The second-order valence-electron chi connectivity index (χ2n) is 11.2. The summed E-state index contributed by atoms with van der Waals surface area (Å²) in [4.78, 5) is 20.0. The van der Waals surface area contributed by atoms with Crippen LogP contribution >= 0.6 is 0 Å². The van der Waals surface area contributed by atoms with Gasteiger partial charge in [0.25, 0.3) is 0 Å². The highest BCUT2D eigenvalue weighted by Gasteiger charge is 2.25. The van der Waals surface area contributed by atoms with E-state index in [2.05, 4.69) is 94.7 Å². The minimum absolute atomic E-state index is 0.0636. The summed E-state index contributed by atoms with van der Waals surface area (Å²) in [6, 6.07) is 53.1. The van der Waals surface area contributed by atoms with Gasteiger partial charge < -0.3 is 14.3 Å². The van der Waals surface area contributed by atoms with E-state index >= 15 is 0 Å². The predicted molar refractivity (Wildman–Crippen MR) is 188 cm³/mol. The molecule has 0 bridgehead atoms. The first-order valence-corrected chi connectivity index (χ1v) is 15.2. The number of allylic oxidation sites excluding steroid dienone is 1. The number of fused-ring (bicyclic) bond motifs is 6. The van der Waals surface area contributed by atoms with E-state index < -0.39 is 0 Å². The van der Waals surface area contributed by atoms with Crippen LogP contribution in [-0.2, 0) is 0 Å². The van der Waals surface area contributed by atoms with Gasteiger partial charge in [-0.15, -0.1) is 0 Å². The molecular weight excluding hydrogens is 562 g/mol. The molecule has 0 N–H and O–H groups in total. The lowest BCUT2D eigenvalue weighted by Crippen LogP contribution is -2.10. The van der Waals surface area contributed by atoms with Gasteiger partial charge in [0, 0.05) is 27.9 Å². The van der Waals surface area contributed by atoms with Crippen molar-refractivity contribution in [3.63, 3.8) is 0 Å². The van der Waals surface area contributed by atoms with E-state index in [0.29, 0.717) is 5.69 Å². The molecule has 0 radical (unpaired) electrons. The van der Waals surface area contributed by atoms with Crippen LogP contribution in [0.25, 0.3) is 49.8 Å². The zero-order valence-corrected chi connectivity index (χ0v) is 24.8. The molecule has 216 valence electrons. The summed E-state index contributed by atoms with van der Waals surface area (Å²) in [5.41, 5.74) is 11.0. The Morgan fingerprint density at radius 2 is 1.11 bits per heavy atom. The molecule has 0 amide bonds. The average molecular weight is 590 g/mol. The fraction of sp³-hybridized carbons (Fsp3) is 0. The topological polar surface area (TPSA) is 29.6 Å². The van der Waals surface area contributed by atoms with Crippen LogP contribution in [0, 0.1) is 6.57 Å². The van der Waals surface area contributed by atoms with E-state index in [4.69, 9.17) is 6.57 Å². The predicted octanol–water partition coefficient (Wildman–Crippen LogP) is 10.9. The number of rotatable bonds is 5. The molecule has 8 rings (SSSR count). The Balaban J connectivity index is 1.20. The van der Waals surface area contributed by atoms with Crippen molar-refractivity contribution in [2.24, 2.45) is 0 Å². The summed E-state index contributed by atoms with van der Waals surface area (Å²) in [5.74, 6) is -0.313. The maximum Gasteiger partial charge on any atom is 0.236 e. The van der Waals surface area contributed by atoms with Gasteiger partial charge in [-0.3, -0.25) is 0 Å². The zero-order valence-electron chi connectivity index (χ0n) is 24.8. The molecule has 4 heteroatoms. The number of anilines is 3. The minimum Gasteiger partial charge on any atom is -0.309 e. The molecule has 0 saturated heterocycles. The molecule has 0 atom stereocenters. The molecule has 0 spiro atoms. The van der Waals surface area contributed by atoms with Gasteiger partial charge in [0.1, 0.15) is 0 Å². The van der Waals surface area contributed by atoms with Crippen LogP contribution in [0.15, 0.2) is 163 Å². The van der Waals surface area contributed by atoms with Gasteiger partial charge in [-0.2, -0.15) is 0 Å². The molecule has 0 saturated carbocycles. The third kappa shape index (κ3) is 4.51. The molecular formula is C42H27N3O. The van der Waals surface area contributed by atoms with Gasteiger partial charge in [-0.05, 0) is 71.3 Å². The Hall–Kier alpha value is -6.44. The lowest BCUT2D eigenvalue weighted by atomic mass is 9.95. The highest BCUT2D eigenvalue weighted by molar-refractivity contribution is 6.14. The number of Topliss-reactive ketones (excluding diaryl/α,β-unsaturated/α-hetero) is 1. The molecule has 0 aliphatic carbocycles. The van der Waals surface area contributed by atoms with Crippen molar-refractivity contribution in [1.82, 2.24) is 4.57 Å². The van der Waals surface area contributed by atoms with Crippen molar-refractivity contribution in [1.29, 1.82) is 0 Å². The number of hydrogen-bond acceptors (Lipinski definition) is 2. The van der Waals surface area contributed by atoms with Gasteiger partial charge >= 0.3 is 0 Å². The molecule has 46 heavy (non-hydrogen) atoms. The van der Waals surface area contributed by atoms with Gasteiger partial charge in [-0.1, -0.05) is 109 Å². The van der Waals surface area contributed by atoms with Gasteiger partial charge in [-0.25, -0.2) is 4.85 Å². The molecule has 1 aliphatic heterocycles. The Kier molecular flexibility index (Phi) is 6.63. The molecule has 1 aliphatic rings. The maximum absolute atomic E-state index is 14.0. The van der Waals surface area contributed by atoms with Crippen LogP contribution < -0.4 is 4.90 Å². The quantitative estimate of drug-likeness (QED) is 0.114. The summed E-state index contributed by atoms with van der Waals surface area (Å²) in [5, 5.41) is 0.948. The Morgan fingerprint density at radius 1 is 0.565 bits per heavy atom. The summed E-state index contributed by atoms with van der Waals surface area (Å²) in [6.45, 7) is 7.97. The molecule has 2 heterocycles. The van der Waals surface area contributed by atoms with Crippen LogP contribution in [0.3, 0.4) is 0 Å². The summed E-state index contributed by atoms with van der Waals surface area (Å²) < 4.78 is 1.94. The molecule has 0 fully saturated rings. The number of nitrogens with zero attached hydrogens (tertiary/aromatic N) is 3. The number of aromatic nitrogens is 1. The molecule has 1 aromatic heterocycles. The number of ketones is 1. The fourth-order valence-electron chi connectivity index (χ4n) is 6.49. The van der Waals surface area contributed by atoms with Crippen LogP contribution in [0.1, 0.15) is 16.1 Å². The van der Waals surface area contributed by atoms with E-state index in [9.17, 15) is 4.79 Å². The number of benzene rings is 6. The molecule has 4 nitrogen and oxygen atoms in total. The normalized spacial score (nSPS) is 12.1. The Labute approximate surface area is 267 Å². The van der Waals surface area contributed by atoms with Crippen LogP contribution in [0.2, 0.25) is 0 Å². The third-order valence-corrected chi connectivity index (χ3v) is 8.56. The standard InChI is InChI=1S/C42H27N3O/c1-43-37(42(46)41-28-30-13-5-10-20-38(30)44(41)31-14-3-2-4-15-31)27-29-23-25-32(26-24-29)45-39-21-11-8-18-35(39)33-16-6-7-17-34(33)36-19-9-12-22-40(36)45/h2-28H/b37-27-. The first-order chi connectivity index (χ1) is 22.7. The van der Waals surface area contributed by atoms with Gasteiger partial charge in [0.2, 0.25) is 11.5 Å². The fourth-order valence-corrected chi connectivity index (χ4v) is 6.49. The van der Waals surface area contributed by atoms with Crippen molar-refractivity contribution in [3.05, 3.63) is 186 Å². The molecule has 6 aromatic carbocycles. The maximum atomic E-state index is 14.0. The summed E-state index contributed by atoms with van der Waals surface area (Å²) in [7, 11) is 0. The second-order valence-corrected chi connectivity index (χ2v) is 11.2. The zero-order chi connectivity index (χ0) is 31.0. The van der Waals surface area contributed by atoms with E-state index in [1.54, 1.807) is 6.08 Å². The Bertz CT molecular complexity index is 2270. The first kappa shape index (κ1) is 27.1. The van der Waals surface area contributed by atoms with Crippen molar-refractivity contribution >= 4 is 39.8 Å². The van der Waals surface area contributed by atoms with Crippen LogP contribution in [-0.4, -0.2) is 10.4 Å². The second kappa shape index (κ2) is 11.2. The number of carbonyl (C=O) groups is 1. The number of hydrogen-bond donors (Lipinski definition) is 0. The van der Waals surface area contributed by atoms with E-state index in [0.717, 1.165) is 50.3 Å². The Morgan fingerprint density at radius 3 is 1.74 bits per heavy atom. The van der Waals surface area contributed by atoms with Crippen molar-refractivity contribution in [2.45, 2.75) is 0 Å². The van der Waals surface area contributed by atoms with Gasteiger partial charge in [0.15, 0.2) is 0 Å². The highest BCUT2D eigenvalue weighted by atomic mass is 16.1. The molecule has 0 unspecified atom stereocenters. The highest BCUT2D eigenvalue weighted by Crippen LogP contribution is 2.50. The number of carbonyl (C=O) groups excluding carboxylic acids is 1. The first-order valence-electron chi connectivity index (χ1n) is 15.2. The average Bonchev–Trinajstić information content (AvgIpc) is 3.46. The third-order valence-electron chi connectivity index (χ3n) is 8.56. The SMILES string of the molecule is [C-]#[N+]/C(=C\c1ccc(N2c3ccccc3-c3ccccc3-c3ccccc32)cc1)C(=O)c1cc2ccccc2n1-c1ccccc1. The summed E-state index contributed by atoms with van der Waals surface area (Å²) >= 11 is 0. The largest absolute Gasteiger partial charge is 0.309 e. The lowest BCUT2D eigenvalue weighted by Gasteiger charge is -2.27. The van der Waals surface area contributed by atoms with Crippen molar-refractivity contribution < 1.29 is 4.79 Å². The van der Waals surface area contributed by atoms with Gasteiger partial charge in [0.05, 0.1) is 29.2 Å². The van der Waals surface area contributed by atoms with E-state index in [1.165, 1.54) is 11.1 Å². The van der Waals surface area contributed by atoms with Crippen LogP contribution in [0.5, 0.6) is 0 Å². The van der Waals surface area contributed by atoms with Crippen molar-refractivity contribution in [3.8, 4) is 27.9 Å². The summed E-state index contributed by atoms with van der Waals surface area (Å²) in [6.07, 6.45) is 1.69. The van der Waals surface area contributed by atoms with Crippen molar-refractivity contribution in [2.75, 3.05) is 4.90 Å². The smallest absolute Gasteiger partial charge is 0.236 e. The monoisotopic (exact) mass is 589 g/mol. The number of para-hydroxylation sites is 4. The van der Waals surface area contributed by atoms with E-state index in [1.807, 2.05) is 77.4 Å². The minimum atomic E-state index is -0.313. The molecule has 7 aromatic rings. The lowest BCUT2D eigenvalue weighted by molar-refractivity contribution is 0.103. The van der Waals surface area contributed by atoms with E-state index in [-0.39, 0.29) is 11.5 Å².